The molecule has 2 aromatic rings. The second-order valence-electron chi connectivity index (χ2n) is 6.46. The summed E-state index contributed by atoms with van der Waals surface area (Å²) in [6.07, 6.45) is -0.0156. The van der Waals surface area contributed by atoms with Gasteiger partial charge in [-0.15, -0.1) is 0 Å². The Hall–Kier alpha value is -1.24. The summed E-state index contributed by atoms with van der Waals surface area (Å²) in [5.41, 5.74) is 1.41. The summed E-state index contributed by atoms with van der Waals surface area (Å²) in [5.74, 6) is 1.98. The van der Waals surface area contributed by atoms with Crippen LogP contribution in [0.3, 0.4) is 0 Å². The average molecular weight is 445 g/mol. The summed E-state index contributed by atoms with van der Waals surface area (Å²) in [5, 5.41) is 0. The first-order valence-corrected chi connectivity index (χ1v) is 9.11. The van der Waals surface area contributed by atoms with Gasteiger partial charge in [0.2, 0.25) is 0 Å². The van der Waals surface area contributed by atoms with E-state index in [1.807, 2.05) is 18.2 Å². The molecule has 130 valence electrons. The molecule has 1 atom stereocenters. The molecule has 0 spiro atoms. The Balaban J connectivity index is 2.11. The molecule has 0 fully saturated rings. The van der Waals surface area contributed by atoms with Gasteiger partial charge in [0.05, 0.1) is 10.2 Å². The first-order chi connectivity index (χ1) is 11.4. The van der Waals surface area contributed by atoms with Gasteiger partial charge in [0.25, 0.3) is 6.43 Å². The van der Waals surface area contributed by atoms with E-state index in [4.69, 9.17) is 4.74 Å². The Morgan fingerprint density at radius 3 is 2.42 bits per heavy atom. The summed E-state index contributed by atoms with van der Waals surface area (Å²) in [4.78, 5) is 3.70. The molecule has 2 nitrogen and oxygen atoms in total. The van der Waals surface area contributed by atoms with E-state index >= 15 is 0 Å². The number of pyridine rings is 1. The van der Waals surface area contributed by atoms with Crippen molar-refractivity contribution in [2.75, 3.05) is 6.61 Å². The molecule has 0 aliphatic heterocycles. The number of ether oxygens (including phenoxy) is 1. The van der Waals surface area contributed by atoms with Gasteiger partial charge in [-0.2, -0.15) is 0 Å². The van der Waals surface area contributed by atoms with Gasteiger partial charge in [0.15, 0.2) is 0 Å². The summed E-state index contributed by atoms with van der Waals surface area (Å²) < 4.78 is 32.5. The van der Waals surface area contributed by atoms with Gasteiger partial charge >= 0.3 is 0 Å². The molecular weight excluding hydrogens is 423 g/mol. The highest BCUT2D eigenvalue weighted by molar-refractivity contribution is 14.1. The molecule has 0 N–H and O–H groups in total. The van der Waals surface area contributed by atoms with E-state index in [1.54, 1.807) is 6.07 Å². The standard InChI is InChI=1S/C19H22F2INO/c1-12(2)8-13(3)11-24-18-5-4-14(9-16(18)22)15-6-7-23-17(10-15)19(20)21/h4-7,9-10,12-13,19H,8,11H2,1-3H3. The van der Waals surface area contributed by atoms with Crippen LogP contribution < -0.4 is 4.74 Å². The van der Waals surface area contributed by atoms with E-state index in [2.05, 4.69) is 48.3 Å². The molecule has 0 radical (unpaired) electrons. The van der Waals surface area contributed by atoms with Gasteiger partial charge < -0.3 is 4.74 Å². The van der Waals surface area contributed by atoms with Crippen molar-refractivity contribution in [3.05, 3.63) is 45.8 Å². The van der Waals surface area contributed by atoms with Crippen molar-refractivity contribution in [2.24, 2.45) is 11.8 Å². The van der Waals surface area contributed by atoms with Crippen LogP contribution >= 0.6 is 22.6 Å². The number of alkyl halides is 2. The minimum atomic E-state index is -2.56. The predicted molar refractivity (Wildman–Crippen MR) is 101 cm³/mol. The normalized spacial score (nSPS) is 12.7. The van der Waals surface area contributed by atoms with Crippen molar-refractivity contribution in [1.82, 2.24) is 4.98 Å². The summed E-state index contributed by atoms with van der Waals surface area (Å²) in [6.45, 7) is 7.28. The molecule has 5 heteroatoms. The largest absolute Gasteiger partial charge is 0.492 e. The third-order valence-electron chi connectivity index (χ3n) is 3.67. The van der Waals surface area contributed by atoms with Crippen LogP contribution in [0.1, 0.15) is 39.3 Å². The molecule has 0 bridgehead atoms. The SMILES string of the molecule is CC(C)CC(C)COc1ccc(-c2ccnc(C(F)F)c2)cc1I. The molecular formula is C19H22F2INO. The van der Waals surface area contributed by atoms with Gasteiger partial charge in [-0.3, -0.25) is 4.98 Å². The number of hydrogen-bond donors (Lipinski definition) is 0. The van der Waals surface area contributed by atoms with Gasteiger partial charge in [-0.05, 0) is 76.2 Å². The van der Waals surface area contributed by atoms with Crippen LogP contribution in [0.2, 0.25) is 0 Å². The third kappa shape index (κ3) is 5.40. The molecule has 1 aromatic carbocycles. The quantitative estimate of drug-likeness (QED) is 0.464. The second-order valence-corrected chi connectivity index (χ2v) is 7.62. The fraction of sp³-hybridized carbons (Fsp3) is 0.421. The topological polar surface area (TPSA) is 22.1 Å². The van der Waals surface area contributed by atoms with Gasteiger partial charge in [0.1, 0.15) is 11.4 Å². The van der Waals surface area contributed by atoms with Crippen molar-refractivity contribution < 1.29 is 13.5 Å². The average Bonchev–Trinajstić information content (AvgIpc) is 2.53. The third-order valence-corrected chi connectivity index (χ3v) is 4.51. The maximum absolute atomic E-state index is 12.8. The van der Waals surface area contributed by atoms with Gasteiger partial charge in [0, 0.05) is 6.20 Å². The summed E-state index contributed by atoms with van der Waals surface area (Å²) >= 11 is 2.22. The molecule has 2 rings (SSSR count). The van der Waals surface area contributed by atoms with Crippen LogP contribution in [0.15, 0.2) is 36.5 Å². The molecule has 1 heterocycles. The number of aromatic nitrogens is 1. The number of rotatable bonds is 7. The Labute approximate surface area is 155 Å². The summed E-state index contributed by atoms with van der Waals surface area (Å²) in [7, 11) is 0. The Kier molecular flexibility index (Phi) is 6.95. The molecule has 0 saturated carbocycles. The zero-order valence-corrected chi connectivity index (χ0v) is 16.3. The maximum atomic E-state index is 12.8. The van der Waals surface area contributed by atoms with Crippen LogP contribution in [-0.4, -0.2) is 11.6 Å². The van der Waals surface area contributed by atoms with Crippen LogP contribution in [-0.2, 0) is 0 Å². The number of nitrogens with zero attached hydrogens (tertiary/aromatic N) is 1. The fourth-order valence-corrected chi connectivity index (χ4v) is 3.32. The Bertz CT molecular complexity index is 676. The van der Waals surface area contributed by atoms with E-state index < -0.39 is 6.43 Å². The van der Waals surface area contributed by atoms with Crippen molar-refractivity contribution >= 4 is 22.6 Å². The molecule has 1 aromatic heterocycles. The molecule has 1 unspecified atom stereocenters. The van der Waals surface area contributed by atoms with Crippen LogP contribution in [0.5, 0.6) is 5.75 Å². The fourth-order valence-electron chi connectivity index (χ4n) is 2.65. The number of benzene rings is 1. The Morgan fingerprint density at radius 2 is 1.79 bits per heavy atom. The van der Waals surface area contributed by atoms with Crippen molar-refractivity contribution in [1.29, 1.82) is 0 Å². The van der Waals surface area contributed by atoms with Crippen LogP contribution in [0, 0.1) is 15.4 Å². The second kappa shape index (κ2) is 8.74. The van der Waals surface area contributed by atoms with Gasteiger partial charge in [-0.25, -0.2) is 8.78 Å². The van der Waals surface area contributed by atoms with E-state index in [0.29, 0.717) is 18.4 Å². The zero-order chi connectivity index (χ0) is 17.7. The van der Waals surface area contributed by atoms with E-state index in [1.165, 1.54) is 12.3 Å². The van der Waals surface area contributed by atoms with Crippen molar-refractivity contribution in [3.8, 4) is 16.9 Å². The van der Waals surface area contributed by atoms with Crippen LogP contribution in [0.4, 0.5) is 8.78 Å². The maximum Gasteiger partial charge on any atom is 0.280 e. The van der Waals surface area contributed by atoms with Crippen molar-refractivity contribution in [3.63, 3.8) is 0 Å². The number of hydrogen-bond acceptors (Lipinski definition) is 2. The predicted octanol–water partition coefficient (Wildman–Crippen LogP) is 6.35. The molecule has 24 heavy (non-hydrogen) atoms. The lowest BCUT2D eigenvalue weighted by atomic mass is 10.00. The lowest BCUT2D eigenvalue weighted by molar-refractivity contribution is 0.146. The monoisotopic (exact) mass is 445 g/mol. The Morgan fingerprint density at radius 1 is 1.08 bits per heavy atom. The summed E-state index contributed by atoms with van der Waals surface area (Å²) in [6, 6.07) is 8.92. The minimum absolute atomic E-state index is 0.203. The van der Waals surface area contributed by atoms with E-state index in [-0.39, 0.29) is 5.69 Å². The minimum Gasteiger partial charge on any atom is -0.492 e. The van der Waals surface area contributed by atoms with Gasteiger partial charge in [-0.1, -0.05) is 26.8 Å². The highest BCUT2D eigenvalue weighted by atomic mass is 127. The van der Waals surface area contributed by atoms with E-state index in [9.17, 15) is 8.78 Å². The number of halogens is 3. The molecule has 0 aliphatic carbocycles. The lowest BCUT2D eigenvalue weighted by Crippen LogP contribution is -2.11. The first kappa shape index (κ1) is 19.1. The van der Waals surface area contributed by atoms with Crippen molar-refractivity contribution in [2.45, 2.75) is 33.6 Å². The smallest absolute Gasteiger partial charge is 0.280 e. The highest BCUT2D eigenvalue weighted by Gasteiger charge is 2.12. The molecule has 0 aliphatic rings. The first-order valence-electron chi connectivity index (χ1n) is 8.03. The molecule has 0 amide bonds. The van der Waals surface area contributed by atoms with Crippen LogP contribution in [0.25, 0.3) is 11.1 Å². The highest BCUT2D eigenvalue weighted by Crippen LogP contribution is 2.30. The lowest BCUT2D eigenvalue weighted by Gasteiger charge is -2.16. The van der Waals surface area contributed by atoms with E-state index in [0.717, 1.165) is 26.9 Å². The molecule has 0 saturated heterocycles. The zero-order valence-electron chi connectivity index (χ0n) is 14.1.